The molecule has 1 aliphatic rings. The standard InChI is InChI=1S/C18H18N4O2/c1-11-3-4-13(9-14(11)20-18(23)12-5-6-12)15-10-22-16(19-15)7-8-17(21-22)24-2/h3-4,7-10,12H,5-6H2,1-2H3,(H,20,23). The van der Waals surface area contributed by atoms with Gasteiger partial charge in [0.15, 0.2) is 5.65 Å². The number of aromatic nitrogens is 3. The molecule has 1 amide bonds. The molecule has 6 nitrogen and oxygen atoms in total. The molecule has 24 heavy (non-hydrogen) atoms. The number of hydrogen-bond acceptors (Lipinski definition) is 4. The lowest BCUT2D eigenvalue weighted by Crippen LogP contribution is -2.14. The van der Waals surface area contributed by atoms with Gasteiger partial charge in [0, 0.05) is 23.2 Å². The molecular weight excluding hydrogens is 304 g/mol. The van der Waals surface area contributed by atoms with Crippen LogP contribution in [0, 0.1) is 12.8 Å². The average molecular weight is 322 g/mol. The Labute approximate surface area is 139 Å². The summed E-state index contributed by atoms with van der Waals surface area (Å²) in [5, 5.41) is 7.35. The molecule has 122 valence electrons. The molecule has 1 saturated carbocycles. The number of amides is 1. The summed E-state index contributed by atoms with van der Waals surface area (Å²) in [7, 11) is 1.58. The maximum atomic E-state index is 12.0. The summed E-state index contributed by atoms with van der Waals surface area (Å²) in [4.78, 5) is 16.6. The van der Waals surface area contributed by atoms with Gasteiger partial charge in [0.25, 0.3) is 0 Å². The minimum absolute atomic E-state index is 0.108. The summed E-state index contributed by atoms with van der Waals surface area (Å²) < 4.78 is 6.83. The Morgan fingerprint density at radius 1 is 1.29 bits per heavy atom. The van der Waals surface area contributed by atoms with Gasteiger partial charge in [-0.05, 0) is 37.5 Å². The van der Waals surface area contributed by atoms with Crippen LogP contribution >= 0.6 is 0 Å². The van der Waals surface area contributed by atoms with Gasteiger partial charge >= 0.3 is 0 Å². The number of carbonyl (C=O) groups is 1. The van der Waals surface area contributed by atoms with Gasteiger partial charge < -0.3 is 10.1 Å². The molecule has 0 aliphatic heterocycles. The number of fused-ring (bicyclic) bond motifs is 1. The number of benzene rings is 1. The maximum absolute atomic E-state index is 12.0. The lowest BCUT2D eigenvalue weighted by atomic mass is 10.1. The first-order chi connectivity index (χ1) is 11.6. The number of nitrogens with one attached hydrogen (secondary N) is 1. The predicted octanol–water partition coefficient (Wildman–Crippen LogP) is 3.06. The van der Waals surface area contributed by atoms with E-state index in [1.165, 1.54) is 0 Å². The molecule has 6 heteroatoms. The molecular formula is C18H18N4O2. The number of imidazole rings is 1. The van der Waals surface area contributed by atoms with Gasteiger partial charge in [0.05, 0.1) is 19.0 Å². The van der Waals surface area contributed by atoms with Crippen LogP contribution < -0.4 is 10.1 Å². The fourth-order valence-corrected chi connectivity index (χ4v) is 2.61. The minimum Gasteiger partial charge on any atom is -0.480 e. The van der Waals surface area contributed by atoms with Gasteiger partial charge in [0.2, 0.25) is 11.8 Å². The van der Waals surface area contributed by atoms with E-state index in [0.29, 0.717) is 5.88 Å². The van der Waals surface area contributed by atoms with E-state index in [4.69, 9.17) is 4.74 Å². The second-order valence-corrected chi connectivity index (χ2v) is 6.10. The van der Waals surface area contributed by atoms with Crippen molar-refractivity contribution >= 4 is 17.2 Å². The molecule has 4 rings (SSSR count). The topological polar surface area (TPSA) is 68.5 Å². The highest BCUT2D eigenvalue weighted by atomic mass is 16.5. The summed E-state index contributed by atoms with van der Waals surface area (Å²) >= 11 is 0. The third kappa shape index (κ3) is 2.71. The van der Waals surface area contributed by atoms with Crippen LogP contribution in [0.4, 0.5) is 5.69 Å². The van der Waals surface area contributed by atoms with Crippen LogP contribution in [0.1, 0.15) is 18.4 Å². The number of hydrogen-bond donors (Lipinski definition) is 1. The molecule has 1 aromatic carbocycles. The normalized spacial score (nSPS) is 13.9. The van der Waals surface area contributed by atoms with Crippen LogP contribution in [-0.2, 0) is 4.79 Å². The smallest absolute Gasteiger partial charge is 0.231 e. The number of nitrogens with zero attached hydrogens (tertiary/aromatic N) is 3. The molecule has 1 aliphatic carbocycles. The number of anilines is 1. The second-order valence-electron chi connectivity index (χ2n) is 6.10. The molecule has 3 aromatic rings. The SMILES string of the molecule is COc1ccc2nc(-c3ccc(C)c(NC(=O)C4CC4)c3)cn2n1. The molecule has 0 spiro atoms. The van der Waals surface area contributed by atoms with E-state index in [1.54, 1.807) is 17.7 Å². The largest absolute Gasteiger partial charge is 0.480 e. The van der Waals surface area contributed by atoms with Gasteiger partial charge in [-0.15, -0.1) is 5.10 Å². The summed E-state index contributed by atoms with van der Waals surface area (Å²) in [6, 6.07) is 9.60. The molecule has 0 radical (unpaired) electrons. The van der Waals surface area contributed by atoms with Crippen LogP contribution in [-0.4, -0.2) is 27.6 Å². The zero-order valence-electron chi connectivity index (χ0n) is 13.6. The summed E-state index contributed by atoms with van der Waals surface area (Å²) in [5.41, 5.74) is 4.37. The van der Waals surface area contributed by atoms with Gasteiger partial charge in [-0.1, -0.05) is 12.1 Å². The second kappa shape index (κ2) is 5.63. The summed E-state index contributed by atoms with van der Waals surface area (Å²) in [6.07, 6.45) is 3.84. The van der Waals surface area contributed by atoms with Crippen LogP contribution in [0.3, 0.4) is 0 Å². The van der Waals surface area contributed by atoms with E-state index in [9.17, 15) is 4.79 Å². The minimum atomic E-state index is 0.108. The molecule has 2 aromatic heterocycles. The monoisotopic (exact) mass is 322 g/mol. The number of carbonyl (C=O) groups excluding carboxylic acids is 1. The number of methoxy groups -OCH3 is 1. The molecule has 1 fully saturated rings. The molecule has 0 atom stereocenters. The van der Waals surface area contributed by atoms with E-state index < -0.39 is 0 Å². The van der Waals surface area contributed by atoms with Gasteiger partial charge in [0.1, 0.15) is 0 Å². The van der Waals surface area contributed by atoms with E-state index in [0.717, 1.165) is 41.0 Å². The Hall–Kier alpha value is -2.89. The molecule has 2 heterocycles. The Morgan fingerprint density at radius 2 is 2.12 bits per heavy atom. The number of aryl methyl sites for hydroxylation is 1. The maximum Gasteiger partial charge on any atom is 0.231 e. The van der Waals surface area contributed by atoms with Crippen molar-refractivity contribution < 1.29 is 9.53 Å². The Bertz CT molecular complexity index is 928. The lowest BCUT2D eigenvalue weighted by molar-refractivity contribution is -0.117. The first-order valence-electron chi connectivity index (χ1n) is 7.96. The molecule has 0 unspecified atom stereocenters. The first-order valence-corrected chi connectivity index (χ1v) is 7.96. The van der Waals surface area contributed by atoms with Crippen molar-refractivity contribution in [2.75, 3.05) is 12.4 Å². The number of rotatable bonds is 4. The highest BCUT2D eigenvalue weighted by molar-refractivity contribution is 5.95. The average Bonchev–Trinajstić information content (AvgIpc) is 3.35. The zero-order valence-corrected chi connectivity index (χ0v) is 13.6. The molecule has 0 saturated heterocycles. The molecule has 1 N–H and O–H groups in total. The Kier molecular flexibility index (Phi) is 3.45. The number of ether oxygens (including phenoxy) is 1. The van der Waals surface area contributed by atoms with Crippen molar-refractivity contribution in [3.8, 4) is 17.1 Å². The van der Waals surface area contributed by atoms with Gasteiger partial charge in [-0.2, -0.15) is 0 Å². The van der Waals surface area contributed by atoms with Crippen molar-refractivity contribution in [3.63, 3.8) is 0 Å². The fourth-order valence-electron chi connectivity index (χ4n) is 2.61. The third-order valence-electron chi connectivity index (χ3n) is 4.24. The summed E-state index contributed by atoms with van der Waals surface area (Å²) in [6.45, 7) is 1.99. The van der Waals surface area contributed by atoms with Crippen LogP contribution in [0.2, 0.25) is 0 Å². The first kappa shape index (κ1) is 14.7. The van der Waals surface area contributed by atoms with E-state index in [2.05, 4.69) is 15.4 Å². The Morgan fingerprint density at radius 3 is 2.88 bits per heavy atom. The predicted molar refractivity (Wildman–Crippen MR) is 91.1 cm³/mol. The Balaban J connectivity index is 1.69. The third-order valence-corrected chi connectivity index (χ3v) is 4.24. The zero-order chi connectivity index (χ0) is 16.7. The fraction of sp³-hybridized carbons (Fsp3) is 0.278. The van der Waals surface area contributed by atoms with Crippen molar-refractivity contribution in [2.45, 2.75) is 19.8 Å². The van der Waals surface area contributed by atoms with E-state index in [-0.39, 0.29) is 11.8 Å². The molecule has 0 bridgehead atoms. The van der Waals surface area contributed by atoms with Crippen LogP contribution in [0.5, 0.6) is 5.88 Å². The van der Waals surface area contributed by atoms with Crippen molar-refractivity contribution in [1.82, 2.24) is 14.6 Å². The van der Waals surface area contributed by atoms with E-state index >= 15 is 0 Å². The highest BCUT2D eigenvalue weighted by Gasteiger charge is 2.29. The van der Waals surface area contributed by atoms with Crippen molar-refractivity contribution in [2.24, 2.45) is 5.92 Å². The summed E-state index contributed by atoms with van der Waals surface area (Å²) in [5.74, 6) is 0.823. The van der Waals surface area contributed by atoms with Crippen LogP contribution in [0.25, 0.3) is 16.9 Å². The van der Waals surface area contributed by atoms with Crippen LogP contribution in [0.15, 0.2) is 36.5 Å². The lowest BCUT2D eigenvalue weighted by Gasteiger charge is -2.09. The van der Waals surface area contributed by atoms with Gasteiger partial charge in [-0.25, -0.2) is 9.50 Å². The van der Waals surface area contributed by atoms with E-state index in [1.807, 2.05) is 37.4 Å². The van der Waals surface area contributed by atoms with Gasteiger partial charge in [-0.3, -0.25) is 4.79 Å². The van der Waals surface area contributed by atoms with Crippen molar-refractivity contribution in [3.05, 3.63) is 42.1 Å². The highest BCUT2D eigenvalue weighted by Crippen LogP contribution is 2.32. The quantitative estimate of drug-likeness (QED) is 0.801. The van der Waals surface area contributed by atoms with Crippen molar-refractivity contribution in [1.29, 1.82) is 0 Å².